The highest BCUT2D eigenvalue weighted by atomic mass is 32.2. The summed E-state index contributed by atoms with van der Waals surface area (Å²) in [6, 6.07) is 7.41. The topological polar surface area (TPSA) is 72.2 Å². The standard InChI is InChI=1S/C14H18N2O3S/c1-9-5-7-13(8-6-9)10(2)16-20(17,18)14-11(3)15-19-12(14)4/h5-8,10,16H,1-4H3/t10-/m0/s1. The van der Waals surface area contributed by atoms with Crippen LogP contribution < -0.4 is 4.72 Å². The average Bonchev–Trinajstić information content (AvgIpc) is 2.69. The molecule has 0 aliphatic rings. The number of hydrogen-bond donors (Lipinski definition) is 1. The average molecular weight is 294 g/mol. The second-order valence-corrected chi connectivity index (χ2v) is 6.56. The van der Waals surface area contributed by atoms with Crippen LogP contribution >= 0.6 is 0 Å². The van der Waals surface area contributed by atoms with E-state index < -0.39 is 10.0 Å². The van der Waals surface area contributed by atoms with Gasteiger partial charge in [-0.2, -0.15) is 0 Å². The quantitative estimate of drug-likeness (QED) is 0.941. The summed E-state index contributed by atoms with van der Waals surface area (Å²) in [4.78, 5) is 0.122. The number of aromatic nitrogens is 1. The van der Waals surface area contributed by atoms with E-state index in [2.05, 4.69) is 9.88 Å². The van der Waals surface area contributed by atoms with E-state index in [1.165, 1.54) is 0 Å². The summed E-state index contributed by atoms with van der Waals surface area (Å²) in [6.45, 7) is 7.00. The van der Waals surface area contributed by atoms with Crippen LogP contribution in [0.1, 0.15) is 35.5 Å². The van der Waals surface area contributed by atoms with Gasteiger partial charge in [-0.05, 0) is 33.3 Å². The molecule has 0 aliphatic carbocycles. The van der Waals surface area contributed by atoms with E-state index in [4.69, 9.17) is 4.52 Å². The zero-order chi connectivity index (χ0) is 14.9. The molecule has 0 fully saturated rings. The summed E-state index contributed by atoms with van der Waals surface area (Å²) >= 11 is 0. The van der Waals surface area contributed by atoms with Crippen molar-refractivity contribution in [1.82, 2.24) is 9.88 Å². The maximum atomic E-state index is 12.4. The molecule has 0 radical (unpaired) electrons. The molecule has 1 N–H and O–H groups in total. The van der Waals surface area contributed by atoms with E-state index >= 15 is 0 Å². The lowest BCUT2D eigenvalue weighted by atomic mass is 10.1. The molecular weight excluding hydrogens is 276 g/mol. The van der Waals surface area contributed by atoms with E-state index in [-0.39, 0.29) is 10.9 Å². The van der Waals surface area contributed by atoms with E-state index in [0.717, 1.165) is 11.1 Å². The van der Waals surface area contributed by atoms with Gasteiger partial charge in [0, 0.05) is 6.04 Å². The number of sulfonamides is 1. The van der Waals surface area contributed by atoms with Gasteiger partial charge in [-0.25, -0.2) is 13.1 Å². The number of rotatable bonds is 4. The number of nitrogens with zero attached hydrogens (tertiary/aromatic N) is 1. The van der Waals surface area contributed by atoms with Crippen molar-refractivity contribution >= 4 is 10.0 Å². The van der Waals surface area contributed by atoms with Crippen LogP contribution in [0.15, 0.2) is 33.7 Å². The van der Waals surface area contributed by atoms with Gasteiger partial charge < -0.3 is 4.52 Å². The third-order valence-corrected chi connectivity index (χ3v) is 4.93. The Balaban J connectivity index is 2.27. The molecule has 1 atom stereocenters. The predicted molar refractivity (Wildman–Crippen MR) is 75.9 cm³/mol. The van der Waals surface area contributed by atoms with Crippen molar-refractivity contribution in [2.24, 2.45) is 0 Å². The number of hydrogen-bond acceptors (Lipinski definition) is 4. The van der Waals surface area contributed by atoms with Crippen molar-refractivity contribution in [3.05, 3.63) is 46.8 Å². The summed E-state index contributed by atoms with van der Waals surface area (Å²) in [5.74, 6) is 0.297. The Labute approximate surface area is 119 Å². The minimum Gasteiger partial charge on any atom is -0.360 e. The van der Waals surface area contributed by atoms with Crippen molar-refractivity contribution in [2.75, 3.05) is 0 Å². The minimum absolute atomic E-state index is 0.122. The minimum atomic E-state index is -3.64. The molecular formula is C14H18N2O3S. The van der Waals surface area contributed by atoms with Gasteiger partial charge in [0.1, 0.15) is 10.6 Å². The first-order valence-corrected chi connectivity index (χ1v) is 7.81. The summed E-state index contributed by atoms with van der Waals surface area (Å²) < 4.78 is 32.3. The second kappa shape index (κ2) is 5.38. The van der Waals surface area contributed by atoms with Gasteiger partial charge in [0.2, 0.25) is 10.0 Å². The lowest BCUT2D eigenvalue weighted by molar-refractivity contribution is 0.390. The maximum Gasteiger partial charge on any atom is 0.246 e. The number of aryl methyl sites for hydroxylation is 3. The van der Waals surface area contributed by atoms with E-state index in [0.29, 0.717) is 11.5 Å². The third-order valence-electron chi connectivity index (χ3n) is 3.15. The Morgan fingerprint density at radius 1 is 1.15 bits per heavy atom. The Hall–Kier alpha value is -1.66. The monoisotopic (exact) mass is 294 g/mol. The van der Waals surface area contributed by atoms with Crippen molar-refractivity contribution in [3.8, 4) is 0 Å². The molecule has 0 amide bonds. The molecule has 1 aromatic heterocycles. The molecule has 2 rings (SSSR count). The largest absolute Gasteiger partial charge is 0.360 e. The van der Waals surface area contributed by atoms with Crippen LogP contribution in [-0.4, -0.2) is 13.6 Å². The SMILES string of the molecule is Cc1ccc([C@H](C)NS(=O)(=O)c2c(C)noc2C)cc1. The molecule has 0 bridgehead atoms. The first-order valence-electron chi connectivity index (χ1n) is 6.33. The van der Waals surface area contributed by atoms with Crippen molar-refractivity contribution in [2.45, 2.75) is 38.6 Å². The highest BCUT2D eigenvalue weighted by Gasteiger charge is 2.26. The Kier molecular flexibility index (Phi) is 3.96. The van der Waals surface area contributed by atoms with Gasteiger partial charge in [-0.3, -0.25) is 0 Å². The zero-order valence-electron chi connectivity index (χ0n) is 12.0. The summed E-state index contributed by atoms with van der Waals surface area (Å²) in [5, 5.41) is 3.68. The zero-order valence-corrected chi connectivity index (χ0v) is 12.8. The van der Waals surface area contributed by atoms with Gasteiger partial charge in [-0.1, -0.05) is 35.0 Å². The van der Waals surface area contributed by atoms with Gasteiger partial charge >= 0.3 is 0 Å². The second-order valence-electron chi connectivity index (χ2n) is 4.91. The summed E-state index contributed by atoms with van der Waals surface area (Å²) in [5.41, 5.74) is 2.41. The first-order chi connectivity index (χ1) is 9.31. The number of benzene rings is 1. The van der Waals surface area contributed by atoms with Crippen LogP contribution in [0.25, 0.3) is 0 Å². The lowest BCUT2D eigenvalue weighted by Crippen LogP contribution is -2.27. The fraction of sp³-hybridized carbons (Fsp3) is 0.357. The molecule has 0 saturated carbocycles. The molecule has 1 heterocycles. The van der Waals surface area contributed by atoms with Crippen LogP contribution in [0, 0.1) is 20.8 Å². The molecule has 0 saturated heterocycles. The van der Waals surface area contributed by atoms with Crippen LogP contribution in [-0.2, 0) is 10.0 Å². The van der Waals surface area contributed by atoms with Crippen LogP contribution in [0.2, 0.25) is 0 Å². The predicted octanol–water partition coefficient (Wildman–Crippen LogP) is 2.64. The number of nitrogens with one attached hydrogen (secondary N) is 1. The molecule has 6 heteroatoms. The van der Waals surface area contributed by atoms with Crippen molar-refractivity contribution in [3.63, 3.8) is 0 Å². The molecule has 0 spiro atoms. The Morgan fingerprint density at radius 2 is 1.75 bits per heavy atom. The molecule has 1 aromatic carbocycles. The molecule has 0 aliphatic heterocycles. The van der Waals surface area contributed by atoms with Crippen LogP contribution in [0.3, 0.4) is 0 Å². The summed E-state index contributed by atoms with van der Waals surface area (Å²) in [6.07, 6.45) is 0. The van der Waals surface area contributed by atoms with E-state index in [9.17, 15) is 8.42 Å². The van der Waals surface area contributed by atoms with Crippen LogP contribution in [0.5, 0.6) is 0 Å². The highest BCUT2D eigenvalue weighted by Crippen LogP contribution is 2.22. The molecule has 2 aromatic rings. The Bertz CT molecular complexity index is 683. The van der Waals surface area contributed by atoms with Crippen molar-refractivity contribution < 1.29 is 12.9 Å². The molecule has 20 heavy (non-hydrogen) atoms. The van der Waals surface area contributed by atoms with Gasteiger partial charge in [-0.15, -0.1) is 0 Å². The van der Waals surface area contributed by atoms with Crippen molar-refractivity contribution in [1.29, 1.82) is 0 Å². The van der Waals surface area contributed by atoms with E-state index in [1.807, 2.05) is 31.2 Å². The highest BCUT2D eigenvalue weighted by molar-refractivity contribution is 7.89. The Morgan fingerprint density at radius 3 is 2.25 bits per heavy atom. The first kappa shape index (κ1) is 14.7. The summed E-state index contributed by atoms with van der Waals surface area (Å²) in [7, 11) is -3.64. The normalized spacial score (nSPS) is 13.4. The fourth-order valence-corrected chi connectivity index (χ4v) is 3.63. The third kappa shape index (κ3) is 2.91. The molecule has 0 unspecified atom stereocenters. The lowest BCUT2D eigenvalue weighted by Gasteiger charge is -2.14. The van der Waals surface area contributed by atoms with Gasteiger partial charge in [0.15, 0.2) is 5.76 Å². The fourth-order valence-electron chi connectivity index (χ4n) is 2.07. The van der Waals surface area contributed by atoms with Crippen LogP contribution in [0.4, 0.5) is 0 Å². The smallest absolute Gasteiger partial charge is 0.246 e. The van der Waals surface area contributed by atoms with Gasteiger partial charge in [0.05, 0.1) is 0 Å². The molecule has 108 valence electrons. The van der Waals surface area contributed by atoms with E-state index in [1.54, 1.807) is 20.8 Å². The van der Waals surface area contributed by atoms with Gasteiger partial charge in [0.25, 0.3) is 0 Å². The molecule has 5 nitrogen and oxygen atoms in total. The maximum absolute atomic E-state index is 12.4.